The topological polar surface area (TPSA) is 95.5 Å². The van der Waals surface area contributed by atoms with Crippen LogP contribution in [-0.4, -0.2) is 32.6 Å². The number of aliphatic hydroxyl groups excluding tert-OH is 1. The first kappa shape index (κ1) is 20.0. The van der Waals surface area contributed by atoms with E-state index in [9.17, 15) is 22.7 Å². The molecule has 0 saturated heterocycles. The van der Waals surface area contributed by atoms with Crippen molar-refractivity contribution in [3.05, 3.63) is 59.9 Å². The van der Waals surface area contributed by atoms with Crippen LogP contribution in [0.3, 0.4) is 0 Å². The number of hydrogen-bond acceptors (Lipinski definition) is 4. The average Bonchev–Trinajstić information content (AvgIpc) is 2.60. The molecule has 2 rings (SSSR count). The number of hydrogen-bond donors (Lipinski definition) is 3. The Balaban J connectivity index is 2.01. The highest BCUT2D eigenvalue weighted by Crippen LogP contribution is 2.16. The molecule has 0 aliphatic rings. The first-order valence-electron chi connectivity index (χ1n) is 8.03. The van der Waals surface area contributed by atoms with Crippen LogP contribution in [-0.2, 0) is 21.2 Å². The fraction of sp³-hybridized carbons (Fsp3) is 0.278. The van der Waals surface area contributed by atoms with E-state index in [0.29, 0.717) is 11.3 Å². The molecule has 0 saturated carbocycles. The molecule has 0 aliphatic carbocycles. The molecule has 0 aromatic heterocycles. The maximum absolute atomic E-state index is 13.7. The summed E-state index contributed by atoms with van der Waals surface area (Å²) >= 11 is 0. The standard InChI is InChI=1S/C18H21FN2O4S/c1-13(23)21-16-6-8-17(9-7-16)26(24,25)20-11-14(12-22)10-15-4-2-3-5-18(15)19/h2-9,14,20,22H,10-12H2,1H3,(H,21,23). The van der Waals surface area contributed by atoms with E-state index in [0.717, 1.165) is 0 Å². The van der Waals surface area contributed by atoms with E-state index in [1.54, 1.807) is 18.2 Å². The number of carbonyl (C=O) groups excluding carboxylic acids is 1. The number of halogens is 1. The van der Waals surface area contributed by atoms with Gasteiger partial charge < -0.3 is 10.4 Å². The maximum Gasteiger partial charge on any atom is 0.240 e. The van der Waals surface area contributed by atoms with Crippen molar-refractivity contribution in [2.75, 3.05) is 18.5 Å². The van der Waals surface area contributed by atoms with E-state index >= 15 is 0 Å². The van der Waals surface area contributed by atoms with E-state index in [1.165, 1.54) is 37.3 Å². The van der Waals surface area contributed by atoms with Gasteiger partial charge >= 0.3 is 0 Å². The van der Waals surface area contributed by atoms with Crippen LogP contribution < -0.4 is 10.0 Å². The van der Waals surface area contributed by atoms with Crippen LogP contribution >= 0.6 is 0 Å². The summed E-state index contributed by atoms with van der Waals surface area (Å²) in [5.41, 5.74) is 0.912. The van der Waals surface area contributed by atoms with Gasteiger partial charge in [0.05, 0.1) is 4.90 Å². The van der Waals surface area contributed by atoms with Crippen LogP contribution in [0, 0.1) is 11.7 Å². The minimum atomic E-state index is -3.78. The third kappa shape index (κ3) is 5.62. The van der Waals surface area contributed by atoms with Crippen molar-refractivity contribution >= 4 is 21.6 Å². The summed E-state index contributed by atoms with van der Waals surface area (Å²) in [5, 5.41) is 12.0. The van der Waals surface area contributed by atoms with Gasteiger partial charge in [-0.1, -0.05) is 18.2 Å². The highest BCUT2D eigenvalue weighted by molar-refractivity contribution is 7.89. The number of carbonyl (C=O) groups is 1. The lowest BCUT2D eigenvalue weighted by molar-refractivity contribution is -0.114. The highest BCUT2D eigenvalue weighted by Gasteiger charge is 2.18. The smallest absolute Gasteiger partial charge is 0.240 e. The predicted octanol–water partition coefficient (Wildman–Crippen LogP) is 1.91. The minimum absolute atomic E-state index is 0.0272. The molecule has 6 nitrogen and oxygen atoms in total. The van der Waals surface area contributed by atoms with Crippen LogP contribution in [0.4, 0.5) is 10.1 Å². The lowest BCUT2D eigenvalue weighted by Gasteiger charge is -2.16. The normalized spacial score (nSPS) is 12.6. The average molecular weight is 380 g/mol. The lowest BCUT2D eigenvalue weighted by Crippen LogP contribution is -2.32. The largest absolute Gasteiger partial charge is 0.396 e. The van der Waals surface area contributed by atoms with Gasteiger partial charge in [0.2, 0.25) is 15.9 Å². The second-order valence-corrected chi connectivity index (χ2v) is 7.67. The van der Waals surface area contributed by atoms with Crippen LogP contribution in [0.1, 0.15) is 12.5 Å². The van der Waals surface area contributed by atoms with Crippen LogP contribution in [0.15, 0.2) is 53.4 Å². The molecular formula is C18H21FN2O4S. The maximum atomic E-state index is 13.7. The Bertz CT molecular complexity index is 854. The molecule has 0 bridgehead atoms. The number of sulfonamides is 1. The molecule has 0 heterocycles. The molecule has 8 heteroatoms. The number of nitrogens with one attached hydrogen (secondary N) is 2. The van der Waals surface area contributed by atoms with Gasteiger partial charge in [0.25, 0.3) is 0 Å². The number of benzene rings is 2. The molecular weight excluding hydrogens is 359 g/mol. The third-order valence-electron chi connectivity index (χ3n) is 3.77. The number of rotatable bonds is 8. The zero-order valence-corrected chi connectivity index (χ0v) is 15.1. The summed E-state index contributed by atoms with van der Waals surface area (Å²) in [4.78, 5) is 11.0. The molecule has 0 spiro atoms. The third-order valence-corrected chi connectivity index (χ3v) is 5.21. The Labute approximate surface area is 152 Å². The second-order valence-electron chi connectivity index (χ2n) is 5.90. The Kier molecular flexibility index (Phi) is 6.84. The molecule has 3 N–H and O–H groups in total. The molecule has 0 fully saturated rings. The van der Waals surface area contributed by atoms with E-state index in [-0.39, 0.29) is 36.2 Å². The fourth-order valence-corrected chi connectivity index (χ4v) is 3.52. The number of aliphatic hydroxyl groups is 1. The van der Waals surface area contributed by atoms with Gasteiger partial charge in [-0.3, -0.25) is 4.79 Å². The Morgan fingerprint density at radius 3 is 2.38 bits per heavy atom. The van der Waals surface area contributed by atoms with Crippen molar-refractivity contribution in [3.8, 4) is 0 Å². The van der Waals surface area contributed by atoms with E-state index < -0.39 is 15.9 Å². The summed E-state index contributed by atoms with van der Waals surface area (Å²) in [5.74, 6) is -1.10. The first-order chi connectivity index (χ1) is 12.3. The van der Waals surface area contributed by atoms with E-state index in [2.05, 4.69) is 10.0 Å². The number of anilines is 1. The summed E-state index contributed by atoms with van der Waals surface area (Å²) in [6.07, 6.45) is 0.215. The van der Waals surface area contributed by atoms with Crippen molar-refractivity contribution in [1.82, 2.24) is 4.72 Å². The van der Waals surface area contributed by atoms with Crippen molar-refractivity contribution in [2.45, 2.75) is 18.2 Å². The zero-order chi connectivity index (χ0) is 19.2. The second kappa shape index (κ2) is 8.88. The van der Waals surface area contributed by atoms with Crippen LogP contribution in [0.25, 0.3) is 0 Å². The van der Waals surface area contributed by atoms with Gasteiger partial charge in [-0.25, -0.2) is 17.5 Å². The lowest BCUT2D eigenvalue weighted by atomic mass is 10.00. The van der Waals surface area contributed by atoms with Crippen molar-refractivity contribution in [1.29, 1.82) is 0 Å². The van der Waals surface area contributed by atoms with Crippen molar-refractivity contribution in [2.24, 2.45) is 5.92 Å². The Morgan fingerprint density at radius 1 is 1.15 bits per heavy atom. The minimum Gasteiger partial charge on any atom is -0.396 e. The van der Waals surface area contributed by atoms with Gasteiger partial charge in [-0.2, -0.15) is 0 Å². The molecule has 1 unspecified atom stereocenters. The molecule has 1 atom stereocenters. The van der Waals surface area contributed by atoms with E-state index in [1.807, 2.05) is 0 Å². The molecule has 140 valence electrons. The van der Waals surface area contributed by atoms with Crippen molar-refractivity contribution in [3.63, 3.8) is 0 Å². The molecule has 0 radical (unpaired) electrons. The summed E-state index contributed by atoms with van der Waals surface area (Å²) in [7, 11) is -3.78. The first-order valence-corrected chi connectivity index (χ1v) is 9.51. The molecule has 26 heavy (non-hydrogen) atoms. The quantitative estimate of drug-likeness (QED) is 0.652. The molecule has 1 amide bonds. The predicted molar refractivity (Wildman–Crippen MR) is 96.6 cm³/mol. The molecule has 0 aliphatic heterocycles. The number of amides is 1. The summed E-state index contributed by atoms with van der Waals surface area (Å²) in [6, 6.07) is 11.9. The van der Waals surface area contributed by atoms with Crippen LogP contribution in [0.5, 0.6) is 0 Å². The van der Waals surface area contributed by atoms with Gasteiger partial charge in [-0.05, 0) is 48.2 Å². The van der Waals surface area contributed by atoms with Gasteiger partial charge in [0.15, 0.2) is 0 Å². The summed E-state index contributed by atoms with van der Waals surface area (Å²) < 4.78 is 40.8. The SMILES string of the molecule is CC(=O)Nc1ccc(S(=O)(=O)NCC(CO)Cc2ccccc2F)cc1. The van der Waals surface area contributed by atoms with Gasteiger partial charge in [0.1, 0.15) is 5.82 Å². The Morgan fingerprint density at radius 2 is 1.81 bits per heavy atom. The van der Waals surface area contributed by atoms with E-state index in [4.69, 9.17) is 0 Å². The van der Waals surface area contributed by atoms with Crippen molar-refractivity contribution < 1.29 is 22.7 Å². The summed E-state index contributed by atoms with van der Waals surface area (Å²) in [6.45, 7) is 1.05. The zero-order valence-electron chi connectivity index (χ0n) is 14.3. The molecule has 2 aromatic carbocycles. The molecule has 2 aromatic rings. The van der Waals surface area contributed by atoms with Crippen LogP contribution in [0.2, 0.25) is 0 Å². The fourth-order valence-electron chi connectivity index (χ4n) is 2.41. The highest BCUT2D eigenvalue weighted by atomic mass is 32.2. The Hall–Kier alpha value is -2.29. The van der Waals surface area contributed by atoms with Gasteiger partial charge in [0, 0.05) is 25.8 Å². The monoisotopic (exact) mass is 380 g/mol. The van der Waals surface area contributed by atoms with Gasteiger partial charge in [-0.15, -0.1) is 0 Å².